The third-order valence-corrected chi connectivity index (χ3v) is 5.42. The second-order valence-electron chi connectivity index (χ2n) is 7.25. The van der Waals surface area contributed by atoms with Gasteiger partial charge in [-0.2, -0.15) is 5.10 Å². The summed E-state index contributed by atoms with van der Waals surface area (Å²) in [6.45, 7) is 3.87. The van der Waals surface area contributed by atoms with E-state index in [1.807, 2.05) is 0 Å². The highest BCUT2D eigenvalue weighted by Gasteiger charge is 2.50. The summed E-state index contributed by atoms with van der Waals surface area (Å²) >= 11 is 5.80. The van der Waals surface area contributed by atoms with Gasteiger partial charge in [-0.15, -0.1) is 0 Å². The van der Waals surface area contributed by atoms with Crippen molar-refractivity contribution in [1.82, 2.24) is 15.1 Å². The predicted molar refractivity (Wildman–Crippen MR) is 95.1 cm³/mol. The quantitative estimate of drug-likeness (QED) is 0.813. The highest BCUT2D eigenvalue weighted by atomic mass is 35.5. The van der Waals surface area contributed by atoms with Gasteiger partial charge in [0, 0.05) is 35.9 Å². The van der Waals surface area contributed by atoms with Crippen LogP contribution in [0.5, 0.6) is 0 Å². The second-order valence-corrected chi connectivity index (χ2v) is 7.66. The third-order valence-electron chi connectivity index (χ3n) is 5.15. The van der Waals surface area contributed by atoms with E-state index in [1.54, 1.807) is 18.7 Å². The summed E-state index contributed by atoms with van der Waals surface area (Å²) in [6, 6.07) is 1.26. The number of aromatic nitrogens is 2. The standard InChI is InChI=1S/C18H21ClF3N3O2/c1-9(2)17(27)25-5-3-11(4-6-25)18(21,22)16(26)13-14(20)12(19)7-10-8-23-24-15(10)13/h7-9,11,16,26H,3-6H2,1-2H3,(H,23,24). The van der Waals surface area contributed by atoms with Crippen LogP contribution in [0.3, 0.4) is 0 Å². The molecule has 1 fully saturated rings. The van der Waals surface area contributed by atoms with Crippen LogP contribution >= 0.6 is 11.6 Å². The van der Waals surface area contributed by atoms with E-state index in [9.17, 15) is 14.3 Å². The van der Waals surface area contributed by atoms with Gasteiger partial charge >= 0.3 is 0 Å². The molecule has 1 atom stereocenters. The van der Waals surface area contributed by atoms with Crippen molar-refractivity contribution >= 4 is 28.4 Å². The molecular weight excluding hydrogens is 383 g/mol. The highest BCUT2D eigenvalue weighted by molar-refractivity contribution is 6.31. The van der Waals surface area contributed by atoms with E-state index in [4.69, 9.17) is 11.6 Å². The van der Waals surface area contributed by atoms with E-state index >= 15 is 8.78 Å². The van der Waals surface area contributed by atoms with Gasteiger partial charge in [-0.3, -0.25) is 9.89 Å². The largest absolute Gasteiger partial charge is 0.382 e. The third kappa shape index (κ3) is 3.52. The molecule has 3 rings (SSSR count). The van der Waals surface area contributed by atoms with Crippen LogP contribution in [0.2, 0.25) is 5.02 Å². The van der Waals surface area contributed by atoms with Gasteiger partial charge in [0.1, 0.15) is 11.9 Å². The molecule has 1 amide bonds. The van der Waals surface area contributed by atoms with E-state index in [2.05, 4.69) is 10.2 Å². The Morgan fingerprint density at radius 3 is 2.63 bits per heavy atom. The van der Waals surface area contributed by atoms with E-state index in [0.29, 0.717) is 5.39 Å². The molecule has 1 saturated heterocycles. The number of halogens is 4. The lowest BCUT2D eigenvalue weighted by atomic mass is 9.84. The van der Waals surface area contributed by atoms with Gasteiger partial charge in [0.15, 0.2) is 0 Å². The molecule has 9 heteroatoms. The smallest absolute Gasteiger partial charge is 0.280 e. The van der Waals surface area contributed by atoms with Gasteiger partial charge in [-0.1, -0.05) is 25.4 Å². The maximum absolute atomic E-state index is 15.0. The molecule has 2 heterocycles. The van der Waals surface area contributed by atoms with Crippen LogP contribution in [-0.4, -0.2) is 45.1 Å². The van der Waals surface area contributed by atoms with Crippen LogP contribution in [-0.2, 0) is 4.79 Å². The number of likely N-dealkylation sites (tertiary alicyclic amines) is 1. The van der Waals surface area contributed by atoms with Crippen molar-refractivity contribution in [2.45, 2.75) is 38.7 Å². The van der Waals surface area contributed by atoms with Gasteiger partial charge in [-0.25, -0.2) is 13.2 Å². The van der Waals surface area contributed by atoms with Crippen LogP contribution in [0.4, 0.5) is 13.2 Å². The molecule has 1 aliphatic heterocycles. The van der Waals surface area contributed by atoms with Crippen molar-refractivity contribution in [3.8, 4) is 0 Å². The molecule has 0 aliphatic carbocycles. The number of aliphatic hydroxyl groups is 1. The monoisotopic (exact) mass is 403 g/mol. The molecule has 148 valence electrons. The van der Waals surface area contributed by atoms with E-state index in [0.717, 1.165) is 0 Å². The molecule has 5 nitrogen and oxygen atoms in total. The van der Waals surface area contributed by atoms with E-state index in [1.165, 1.54) is 12.3 Å². The number of amides is 1. The number of nitrogens with zero attached hydrogens (tertiary/aromatic N) is 2. The van der Waals surface area contributed by atoms with Crippen LogP contribution in [0.1, 0.15) is 38.4 Å². The number of aromatic amines is 1. The lowest BCUT2D eigenvalue weighted by Gasteiger charge is -2.38. The van der Waals surface area contributed by atoms with Crippen molar-refractivity contribution in [1.29, 1.82) is 0 Å². The van der Waals surface area contributed by atoms with Crippen molar-refractivity contribution in [3.63, 3.8) is 0 Å². The van der Waals surface area contributed by atoms with Crippen LogP contribution < -0.4 is 0 Å². The number of hydrogen-bond acceptors (Lipinski definition) is 3. The first-order valence-electron chi connectivity index (χ1n) is 8.80. The molecule has 1 aromatic heterocycles. The molecule has 0 radical (unpaired) electrons. The first-order chi connectivity index (χ1) is 12.6. The summed E-state index contributed by atoms with van der Waals surface area (Å²) in [5.74, 6) is -6.15. The Morgan fingerprint density at radius 1 is 1.41 bits per heavy atom. The zero-order chi connectivity index (χ0) is 19.9. The molecule has 2 aromatic rings. The van der Waals surface area contributed by atoms with Crippen molar-refractivity contribution in [2.24, 2.45) is 11.8 Å². The maximum Gasteiger partial charge on any atom is 0.280 e. The average molecular weight is 404 g/mol. The number of H-pyrrole nitrogens is 1. The minimum Gasteiger partial charge on any atom is -0.382 e. The van der Waals surface area contributed by atoms with Gasteiger partial charge in [0.05, 0.1) is 16.7 Å². The minimum atomic E-state index is -3.59. The number of nitrogens with one attached hydrogen (secondary N) is 1. The summed E-state index contributed by atoms with van der Waals surface area (Å²) in [5, 5.41) is 16.6. The Bertz CT molecular complexity index is 848. The fourth-order valence-electron chi connectivity index (χ4n) is 3.58. The Balaban J connectivity index is 1.85. The van der Waals surface area contributed by atoms with E-state index in [-0.39, 0.29) is 48.3 Å². The SMILES string of the molecule is CC(C)C(=O)N1CCC(C(F)(F)C(O)c2c(F)c(Cl)cc3cn[nH]c23)CC1. The Morgan fingerprint density at radius 2 is 2.04 bits per heavy atom. The Kier molecular flexibility index (Phi) is 5.40. The Hall–Kier alpha value is -1.80. The van der Waals surface area contributed by atoms with Gasteiger partial charge < -0.3 is 10.0 Å². The van der Waals surface area contributed by atoms with Crippen LogP contribution in [0, 0.1) is 17.7 Å². The van der Waals surface area contributed by atoms with Crippen molar-refractivity contribution in [3.05, 3.63) is 28.7 Å². The summed E-state index contributed by atoms with van der Waals surface area (Å²) in [5.41, 5.74) is -0.586. The number of fused-ring (bicyclic) bond motifs is 1. The van der Waals surface area contributed by atoms with Gasteiger partial charge in [0.25, 0.3) is 5.92 Å². The predicted octanol–water partition coefficient (Wildman–Crippen LogP) is 3.92. The minimum absolute atomic E-state index is 0.00324. The molecule has 1 aliphatic rings. The lowest BCUT2D eigenvalue weighted by Crippen LogP contribution is -2.46. The molecule has 2 N–H and O–H groups in total. The zero-order valence-electron chi connectivity index (χ0n) is 15.0. The number of aliphatic hydroxyl groups excluding tert-OH is 1. The number of piperidine rings is 1. The zero-order valence-corrected chi connectivity index (χ0v) is 15.7. The normalized spacial score (nSPS) is 17.7. The first-order valence-corrected chi connectivity index (χ1v) is 9.18. The number of rotatable bonds is 4. The fourth-order valence-corrected chi connectivity index (χ4v) is 3.80. The molecule has 0 saturated carbocycles. The molecule has 27 heavy (non-hydrogen) atoms. The first kappa shape index (κ1) is 19.9. The summed E-state index contributed by atoms with van der Waals surface area (Å²) in [4.78, 5) is 13.6. The molecule has 1 unspecified atom stereocenters. The van der Waals surface area contributed by atoms with Crippen molar-refractivity contribution < 1.29 is 23.1 Å². The van der Waals surface area contributed by atoms with E-state index < -0.39 is 29.3 Å². The summed E-state index contributed by atoms with van der Waals surface area (Å²) in [6.07, 6.45) is -1.00. The van der Waals surface area contributed by atoms with Crippen LogP contribution in [0.25, 0.3) is 10.9 Å². The second kappa shape index (κ2) is 7.31. The topological polar surface area (TPSA) is 69.2 Å². The van der Waals surface area contributed by atoms with Gasteiger partial charge in [0.2, 0.25) is 5.91 Å². The number of carbonyl (C=O) groups is 1. The molecule has 0 bridgehead atoms. The Labute approximate surface area is 159 Å². The number of benzene rings is 1. The number of carbonyl (C=O) groups excluding carboxylic acids is 1. The average Bonchev–Trinajstić information content (AvgIpc) is 3.09. The summed E-state index contributed by atoms with van der Waals surface area (Å²) in [7, 11) is 0. The number of hydrogen-bond donors (Lipinski definition) is 2. The number of alkyl halides is 2. The van der Waals surface area contributed by atoms with Gasteiger partial charge in [-0.05, 0) is 18.9 Å². The molecule has 0 spiro atoms. The lowest BCUT2D eigenvalue weighted by molar-refractivity contribution is -0.165. The molecular formula is C18H21ClF3N3O2. The van der Waals surface area contributed by atoms with Crippen molar-refractivity contribution in [2.75, 3.05) is 13.1 Å². The van der Waals surface area contributed by atoms with Crippen LogP contribution in [0.15, 0.2) is 12.3 Å². The molecule has 1 aromatic carbocycles. The highest BCUT2D eigenvalue weighted by Crippen LogP contribution is 2.45. The summed E-state index contributed by atoms with van der Waals surface area (Å²) < 4.78 is 44.5. The maximum atomic E-state index is 15.0. The fraction of sp³-hybridized carbons (Fsp3) is 0.556.